The van der Waals surface area contributed by atoms with E-state index in [1.165, 1.54) is 0 Å². The Morgan fingerprint density at radius 1 is 1.27 bits per heavy atom. The molecule has 0 radical (unpaired) electrons. The highest BCUT2D eigenvalue weighted by molar-refractivity contribution is 7.13. The molecule has 11 heavy (non-hydrogen) atoms. The zero-order chi connectivity index (χ0) is 8.01. The van der Waals surface area contributed by atoms with Gasteiger partial charge in [-0.05, 0) is 0 Å². The first kappa shape index (κ1) is 6.42. The fraction of sp³-hybridized carbons (Fsp3) is 0. The third-order valence-corrected chi connectivity index (χ3v) is 2.51. The Balaban J connectivity index is 3.02. The van der Waals surface area contributed by atoms with E-state index in [1.807, 2.05) is 0 Å². The van der Waals surface area contributed by atoms with E-state index < -0.39 is 10.9 Å². The Morgan fingerprint density at radius 3 is 2.64 bits per heavy atom. The van der Waals surface area contributed by atoms with Crippen molar-refractivity contribution >= 4 is 28.4 Å². The van der Waals surface area contributed by atoms with Crippen molar-refractivity contribution in [2.45, 2.75) is 0 Å². The van der Waals surface area contributed by atoms with E-state index >= 15 is 0 Å². The van der Waals surface area contributed by atoms with Crippen LogP contribution in [0, 0.1) is 0 Å². The minimum Gasteiger partial charge on any atom is -0.297 e. The van der Waals surface area contributed by atoms with Crippen molar-refractivity contribution in [2.24, 2.45) is 0 Å². The molecule has 2 aromatic rings. The molecule has 0 bridgehead atoms. The van der Waals surface area contributed by atoms with E-state index in [0.717, 1.165) is 11.3 Å². The standard InChI is InChI=1S/C7H2O3S/c8-1-4-5-3(2-11-4)6(9)7(5)10/h1-2H. The highest BCUT2D eigenvalue weighted by Crippen LogP contribution is 2.19. The maximum absolute atomic E-state index is 10.8. The van der Waals surface area contributed by atoms with Crippen molar-refractivity contribution in [3.8, 4) is 0 Å². The molecule has 0 saturated carbocycles. The van der Waals surface area contributed by atoms with Crippen molar-refractivity contribution < 1.29 is 4.79 Å². The lowest BCUT2D eigenvalue weighted by molar-refractivity contribution is 0.112. The molecule has 1 heterocycles. The van der Waals surface area contributed by atoms with Crippen molar-refractivity contribution in [1.29, 1.82) is 0 Å². The summed E-state index contributed by atoms with van der Waals surface area (Å²) >= 11 is 1.14. The lowest BCUT2D eigenvalue weighted by Crippen LogP contribution is -2.29. The molecule has 0 unspecified atom stereocenters. The van der Waals surface area contributed by atoms with Gasteiger partial charge in [0.25, 0.3) is 0 Å². The number of thiophene rings is 1. The minimum atomic E-state index is -0.525. The maximum atomic E-state index is 10.8. The van der Waals surface area contributed by atoms with E-state index in [4.69, 9.17) is 0 Å². The summed E-state index contributed by atoms with van der Waals surface area (Å²) in [6.07, 6.45) is 0.605. The van der Waals surface area contributed by atoms with Crippen LogP contribution in [0.4, 0.5) is 0 Å². The Hall–Kier alpha value is -1.29. The zero-order valence-corrected chi connectivity index (χ0v) is 6.10. The number of hydrogen-bond donors (Lipinski definition) is 0. The summed E-state index contributed by atoms with van der Waals surface area (Å²) in [6.45, 7) is 0. The third-order valence-electron chi connectivity index (χ3n) is 1.60. The molecule has 0 aliphatic carbocycles. The zero-order valence-electron chi connectivity index (χ0n) is 5.29. The molecule has 0 atom stereocenters. The van der Waals surface area contributed by atoms with Gasteiger partial charge in [0.15, 0.2) is 6.29 Å². The molecule has 3 nitrogen and oxygen atoms in total. The molecule has 0 fully saturated rings. The van der Waals surface area contributed by atoms with Crippen LogP contribution in [0.25, 0.3) is 10.8 Å². The molecule has 0 aliphatic rings. The molecule has 1 aromatic heterocycles. The molecule has 54 valence electrons. The second-order valence-corrected chi connectivity index (χ2v) is 3.08. The Kier molecular flexibility index (Phi) is 1.08. The van der Waals surface area contributed by atoms with Gasteiger partial charge in [0.2, 0.25) is 10.9 Å². The molecular weight excluding hydrogens is 164 g/mol. The van der Waals surface area contributed by atoms with Gasteiger partial charge in [0.05, 0.1) is 10.3 Å². The summed E-state index contributed by atoms with van der Waals surface area (Å²) in [5.74, 6) is 0. The van der Waals surface area contributed by atoms with E-state index in [-0.39, 0.29) is 0 Å². The van der Waals surface area contributed by atoms with E-state index in [0.29, 0.717) is 21.9 Å². The van der Waals surface area contributed by atoms with Crippen molar-refractivity contribution in [3.05, 3.63) is 30.7 Å². The first-order valence-electron chi connectivity index (χ1n) is 2.91. The minimum absolute atomic E-state index is 0.315. The van der Waals surface area contributed by atoms with E-state index in [9.17, 15) is 14.4 Å². The van der Waals surface area contributed by atoms with Crippen LogP contribution in [0.5, 0.6) is 0 Å². The fourth-order valence-electron chi connectivity index (χ4n) is 1.03. The summed E-state index contributed by atoms with van der Waals surface area (Å²) in [7, 11) is 0. The normalized spacial score (nSPS) is 10.9. The van der Waals surface area contributed by atoms with Gasteiger partial charge in [-0.1, -0.05) is 0 Å². The maximum Gasteiger partial charge on any atom is 0.235 e. The molecule has 0 amide bonds. The summed E-state index contributed by atoms with van der Waals surface area (Å²) in [6, 6.07) is 0. The molecule has 0 saturated heterocycles. The lowest BCUT2D eigenvalue weighted by Gasteiger charge is -1.88. The second-order valence-electron chi connectivity index (χ2n) is 2.16. The van der Waals surface area contributed by atoms with Crippen LogP contribution < -0.4 is 10.9 Å². The fourth-order valence-corrected chi connectivity index (χ4v) is 1.88. The Labute approximate surface area is 64.6 Å². The number of fused-ring (bicyclic) bond motifs is 1. The average Bonchev–Trinajstić information content (AvgIpc) is 2.43. The van der Waals surface area contributed by atoms with Crippen LogP contribution in [0.15, 0.2) is 15.0 Å². The van der Waals surface area contributed by atoms with Gasteiger partial charge in [0.1, 0.15) is 0 Å². The third kappa shape index (κ3) is 0.593. The number of aldehydes is 1. The molecule has 1 aromatic carbocycles. The van der Waals surface area contributed by atoms with Crippen LogP contribution >= 0.6 is 11.3 Å². The first-order chi connectivity index (χ1) is 5.25. The molecule has 2 rings (SSSR count). The molecule has 0 spiro atoms. The SMILES string of the molecule is O=Cc1scc2c(=O)c(=O)c12. The summed E-state index contributed by atoms with van der Waals surface area (Å²) in [5, 5.41) is 2.26. The smallest absolute Gasteiger partial charge is 0.235 e. The molecular formula is C7H2O3S. The number of hydrogen-bond acceptors (Lipinski definition) is 4. The van der Waals surface area contributed by atoms with Gasteiger partial charge < -0.3 is 0 Å². The quantitative estimate of drug-likeness (QED) is 0.452. The second kappa shape index (κ2) is 1.85. The number of carbonyl (C=O) groups excluding carboxylic acids is 1. The van der Waals surface area contributed by atoms with Crippen molar-refractivity contribution in [2.75, 3.05) is 0 Å². The molecule has 4 heteroatoms. The number of rotatable bonds is 1. The largest absolute Gasteiger partial charge is 0.297 e. The molecule has 0 N–H and O–H groups in total. The van der Waals surface area contributed by atoms with Crippen LogP contribution in [-0.4, -0.2) is 6.29 Å². The topological polar surface area (TPSA) is 51.2 Å². The van der Waals surface area contributed by atoms with Gasteiger partial charge in [0, 0.05) is 10.8 Å². The van der Waals surface area contributed by atoms with E-state index in [1.54, 1.807) is 5.38 Å². The Morgan fingerprint density at radius 2 is 2.00 bits per heavy atom. The predicted octanol–water partition coefficient (Wildman–Crippen LogP) is 0.310. The van der Waals surface area contributed by atoms with Crippen molar-refractivity contribution in [1.82, 2.24) is 0 Å². The summed E-state index contributed by atoms with van der Waals surface area (Å²) in [4.78, 5) is 32.2. The van der Waals surface area contributed by atoms with Gasteiger partial charge in [-0.25, -0.2) is 0 Å². The van der Waals surface area contributed by atoms with Crippen LogP contribution in [0.2, 0.25) is 0 Å². The average molecular weight is 166 g/mol. The highest BCUT2D eigenvalue weighted by atomic mass is 32.1. The van der Waals surface area contributed by atoms with Gasteiger partial charge in [-0.3, -0.25) is 14.4 Å². The van der Waals surface area contributed by atoms with Gasteiger partial charge >= 0.3 is 0 Å². The molecule has 0 aliphatic heterocycles. The van der Waals surface area contributed by atoms with Crippen molar-refractivity contribution in [3.63, 3.8) is 0 Å². The summed E-state index contributed by atoms with van der Waals surface area (Å²) < 4.78 is 0. The number of carbonyl (C=O) groups is 1. The monoisotopic (exact) mass is 166 g/mol. The van der Waals surface area contributed by atoms with Crippen LogP contribution in [0.1, 0.15) is 9.67 Å². The van der Waals surface area contributed by atoms with E-state index in [2.05, 4.69) is 0 Å². The van der Waals surface area contributed by atoms with Crippen LogP contribution in [-0.2, 0) is 0 Å². The highest BCUT2D eigenvalue weighted by Gasteiger charge is 2.17. The predicted molar refractivity (Wildman–Crippen MR) is 42.1 cm³/mol. The Bertz CT molecular complexity index is 499. The first-order valence-corrected chi connectivity index (χ1v) is 3.79. The van der Waals surface area contributed by atoms with Gasteiger partial charge in [-0.15, -0.1) is 11.3 Å². The van der Waals surface area contributed by atoms with Gasteiger partial charge in [-0.2, -0.15) is 0 Å². The lowest BCUT2D eigenvalue weighted by atomic mass is 10.1. The van der Waals surface area contributed by atoms with Crippen LogP contribution in [0.3, 0.4) is 0 Å². The summed E-state index contributed by atoms with van der Waals surface area (Å²) in [5.41, 5.74) is -0.993.